The van der Waals surface area contributed by atoms with Crippen LogP contribution in [-0.4, -0.2) is 12.1 Å². The third-order valence-electron chi connectivity index (χ3n) is 4.61. The topological polar surface area (TPSA) is 45.9 Å². The van der Waals surface area contributed by atoms with Gasteiger partial charge in [-0.15, -0.1) is 0 Å². The lowest BCUT2D eigenvalue weighted by Gasteiger charge is -2.17. The maximum Gasteiger partial charge on any atom is 0.147 e. The van der Waals surface area contributed by atoms with Crippen LogP contribution in [-0.2, 0) is 4.74 Å². The molecule has 0 N–H and O–H groups in total. The molecule has 114 valence electrons. The summed E-state index contributed by atoms with van der Waals surface area (Å²) in [6.07, 6.45) is 10.5. The number of allylic oxidation sites excluding steroid dienone is 4. The molecule has 1 aromatic heterocycles. The number of pyridine rings is 1. The summed E-state index contributed by atoms with van der Waals surface area (Å²) in [7, 11) is 1.69. The van der Waals surface area contributed by atoms with Crippen LogP contribution in [0.3, 0.4) is 0 Å². The van der Waals surface area contributed by atoms with Crippen LogP contribution in [0.25, 0.3) is 5.57 Å². The molecule has 2 aliphatic rings. The number of methoxy groups -OCH3 is 1. The predicted molar refractivity (Wildman–Crippen MR) is 87.5 cm³/mol. The summed E-state index contributed by atoms with van der Waals surface area (Å²) in [4.78, 5) is 4.46. The van der Waals surface area contributed by atoms with E-state index in [4.69, 9.17) is 16.3 Å². The Labute approximate surface area is 136 Å². The molecule has 1 fully saturated rings. The van der Waals surface area contributed by atoms with Crippen LogP contribution >= 0.6 is 11.6 Å². The van der Waals surface area contributed by atoms with Gasteiger partial charge in [0, 0.05) is 6.42 Å². The monoisotopic (exact) mass is 314 g/mol. The van der Waals surface area contributed by atoms with Crippen molar-refractivity contribution in [1.29, 1.82) is 5.26 Å². The van der Waals surface area contributed by atoms with Gasteiger partial charge in [-0.25, -0.2) is 4.98 Å². The number of nitriles is 1. The minimum Gasteiger partial charge on any atom is -0.501 e. The highest BCUT2D eigenvalue weighted by Crippen LogP contribution is 2.39. The quantitative estimate of drug-likeness (QED) is 0.740. The van der Waals surface area contributed by atoms with Crippen molar-refractivity contribution in [2.75, 3.05) is 7.11 Å². The van der Waals surface area contributed by atoms with Gasteiger partial charge in [0.15, 0.2) is 0 Å². The Bertz CT molecular complexity index is 679. The molecule has 0 spiro atoms. The van der Waals surface area contributed by atoms with Crippen LogP contribution in [0.15, 0.2) is 24.0 Å². The van der Waals surface area contributed by atoms with Gasteiger partial charge in [0.25, 0.3) is 0 Å². The van der Waals surface area contributed by atoms with E-state index in [0.717, 1.165) is 48.3 Å². The molecule has 22 heavy (non-hydrogen) atoms. The Morgan fingerprint density at radius 3 is 2.64 bits per heavy atom. The summed E-state index contributed by atoms with van der Waals surface area (Å²) in [6, 6.07) is 4.32. The Kier molecular flexibility index (Phi) is 4.49. The molecule has 3 rings (SSSR count). The third kappa shape index (κ3) is 2.89. The number of nitrogens with zero attached hydrogens (tertiary/aromatic N) is 2. The van der Waals surface area contributed by atoms with Crippen molar-refractivity contribution in [3.63, 3.8) is 0 Å². The number of rotatable bonds is 3. The number of ether oxygens (including phenoxy) is 1. The van der Waals surface area contributed by atoms with Crippen LogP contribution in [0.5, 0.6) is 0 Å². The molecule has 0 unspecified atom stereocenters. The highest BCUT2D eigenvalue weighted by atomic mass is 35.5. The lowest BCUT2D eigenvalue weighted by molar-refractivity contribution is 0.277. The fourth-order valence-corrected chi connectivity index (χ4v) is 3.61. The maximum absolute atomic E-state index is 9.41. The molecule has 0 amide bonds. The number of hydrogen-bond acceptors (Lipinski definition) is 3. The SMILES string of the molecule is COC1=CC=C(c2cc(C3CCCC3)c(C#N)c(Cl)n2)CC1. The molecular weight excluding hydrogens is 296 g/mol. The lowest BCUT2D eigenvalue weighted by Crippen LogP contribution is -2.04. The van der Waals surface area contributed by atoms with Gasteiger partial charge in [0.05, 0.1) is 24.1 Å². The minimum atomic E-state index is 0.337. The van der Waals surface area contributed by atoms with Gasteiger partial charge in [-0.3, -0.25) is 0 Å². The van der Waals surface area contributed by atoms with Crippen molar-refractivity contribution >= 4 is 17.2 Å². The standard InChI is InChI=1S/C18H19ClN2O/c1-22-14-8-6-13(7-9-14)17-10-15(12-4-2-3-5-12)16(11-20)18(19)21-17/h6,8,10,12H,2-5,7,9H2,1H3. The molecule has 0 bridgehead atoms. The number of halogens is 1. The van der Waals surface area contributed by atoms with Gasteiger partial charge in [-0.1, -0.05) is 30.5 Å². The van der Waals surface area contributed by atoms with Crippen molar-refractivity contribution < 1.29 is 4.74 Å². The van der Waals surface area contributed by atoms with Gasteiger partial charge < -0.3 is 4.74 Å². The Morgan fingerprint density at radius 2 is 2.05 bits per heavy atom. The second kappa shape index (κ2) is 6.54. The van der Waals surface area contributed by atoms with E-state index in [2.05, 4.69) is 17.1 Å². The number of hydrogen-bond donors (Lipinski definition) is 0. The molecule has 1 aromatic rings. The van der Waals surface area contributed by atoms with Crippen LogP contribution in [0, 0.1) is 11.3 Å². The largest absolute Gasteiger partial charge is 0.501 e. The Balaban J connectivity index is 2.01. The van der Waals surface area contributed by atoms with Crippen LogP contribution in [0.2, 0.25) is 5.15 Å². The zero-order valence-electron chi connectivity index (χ0n) is 12.7. The first-order valence-electron chi connectivity index (χ1n) is 7.77. The van der Waals surface area contributed by atoms with Gasteiger partial charge in [0.1, 0.15) is 11.2 Å². The summed E-state index contributed by atoms with van der Waals surface area (Å²) in [6.45, 7) is 0. The first kappa shape index (κ1) is 15.1. The second-order valence-corrected chi connectivity index (χ2v) is 6.24. The summed E-state index contributed by atoms with van der Waals surface area (Å²) in [5.41, 5.74) is 3.70. The average molecular weight is 315 g/mol. The molecule has 0 aliphatic heterocycles. The molecule has 1 heterocycles. The van der Waals surface area contributed by atoms with E-state index in [-0.39, 0.29) is 0 Å². The fourth-order valence-electron chi connectivity index (χ4n) is 3.37. The summed E-state index contributed by atoms with van der Waals surface area (Å²) in [5, 5.41) is 9.75. The Morgan fingerprint density at radius 1 is 1.27 bits per heavy atom. The smallest absolute Gasteiger partial charge is 0.147 e. The van der Waals surface area contributed by atoms with Crippen molar-refractivity contribution in [1.82, 2.24) is 4.98 Å². The lowest BCUT2D eigenvalue weighted by atomic mass is 9.91. The summed E-state index contributed by atoms with van der Waals surface area (Å²) >= 11 is 6.29. The first-order chi connectivity index (χ1) is 10.7. The van der Waals surface area contributed by atoms with E-state index >= 15 is 0 Å². The molecule has 0 aromatic carbocycles. The molecule has 1 saturated carbocycles. The third-order valence-corrected chi connectivity index (χ3v) is 4.89. The van der Waals surface area contributed by atoms with Crippen molar-refractivity contribution in [2.24, 2.45) is 0 Å². The van der Waals surface area contributed by atoms with E-state index in [1.54, 1.807) is 7.11 Å². The zero-order valence-corrected chi connectivity index (χ0v) is 13.5. The van der Waals surface area contributed by atoms with Crippen LogP contribution < -0.4 is 0 Å². The molecular formula is C18H19ClN2O. The van der Waals surface area contributed by atoms with E-state index < -0.39 is 0 Å². The van der Waals surface area contributed by atoms with E-state index in [9.17, 15) is 5.26 Å². The van der Waals surface area contributed by atoms with Gasteiger partial charge in [0.2, 0.25) is 0 Å². The van der Waals surface area contributed by atoms with Gasteiger partial charge in [-0.2, -0.15) is 5.26 Å². The summed E-state index contributed by atoms with van der Waals surface area (Å²) < 4.78 is 5.27. The Hall–Kier alpha value is -1.79. The molecule has 3 nitrogen and oxygen atoms in total. The second-order valence-electron chi connectivity index (χ2n) is 5.88. The van der Waals surface area contributed by atoms with E-state index in [1.165, 1.54) is 12.8 Å². The first-order valence-corrected chi connectivity index (χ1v) is 8.15. The maximum atomic E-state index is 9.41. The molecule has 2 aliphatic carbocycles. The minimum absolute atomic E-state index is 0.337. The van der Waals surface area contributed by atoms with Gasteiger partial charge >= 0.3 is 0 Å². The molecule has 0 radical (unpaired) electrons. The normalized spacial score (nSPS) is 18.6. The highest BCUT2D eigenvalue weighted by molar-refractivity contribution is 6.30. The highest BCUT2D eigenvalue weighted by Gasteiger charge is 2.24. The van der Waals surface area contributed by atoms with Crippen molar-refractivity contribution in [3.8, 4) is 6.07 Å². The van der Waals surface area contributed by atoms with Crippen LogP contribution in [0.4, 0.5) is 0 Å². The summed E-state index contributed by atoms with van der Waals surface area (Å²) in [5.74, 6) is 1.43. The average Bonchev–Trinajstić information content (AvgIpc) is 3.08. The van der Waals surface area contributed by atoms with Crippen LogP contribution in [0.1, 0.15) is 61.3 Å². The number of aromatic nitrogens is 1. The van der Waals surface area contributed by atoms with Gasteiger partial charge in [-0.05, 0) is 48.5 Å². The predicted octanol–water partition coefficient (Wildman–Crippen LogP) is 4.97. The molecule has 0 saturated heterocycles. The molecule has 0 atom stereocenters. The van der Waals surface area contributed by atoms with Crippen molar-refractivity contribution in [2.45, 2.75) is 44.4 Å². The zero-order chi connectivity index (χ0) is 15.5. The van der Waals surface area contributed by atoms with Crippen molar-refractivity contribution in [3.05, 3.63) is 46.0 Å². The van der Waals surface area contributed by atoms with E-state index in [1.807, 2.05) is 12.2 Å². The van der Waals surface area contributed by atoms with E-state index in [0.29, 0.717) is 16.6 Å². The fraction of sp³-hybridized carbons (Fsp3) is 0.444. The molecule has 4 heteroatoms.